The summed E-state index contributed by atoms with van der Waals surface area (Å²) in [5, 5.41) is 4.21. The number of hydrogen-bond donors (Lipinski definition) is 0. The highest BCUT2D eigenvalue weighted by Gasteiger charge is 2.26. The van der Waals surface area contributed by atoms with E-state index < -0.39 is 127 Å². The number of halogens is 2. The van der Waals surface area contributed by atoms with Gasteiger partial charge < -0.3 is 9.80 Å². The zero-order valence-corrected chi connectivity index (χ0v) is 38.9. The molecule has 0 spiro atoms. The maximum Gasteiger partial charge on any atom is 0.124 e. The van der Waals surface area contributed by atoms with Crippen LogP contribution in [0, 0.1) is 11.6 Å². The molecule has 0 radical (unpaired) electrons. The summed E-state index contributed by atoms with van der Waals surface area (Å²) in [6.07, 6.45) is -0.339. The molecule has 0 aromatic heterocycles. The highest BCUT2D eigenvalue weighted by molar-refractivity contribution is 6.28. The van der Waals surface area contributed by atoms with Crippen molar-refractivity contribution in [2.45, 2.75) is 32.2 Å². The Morgan fingerprint density at radius 2 is 0.918 bits per heavy atom. The lowest BCUT2D eigenvalue weighted by molar-refractivity contribution is 0.623. The molecular formula is C69H52F2N2. The molecule has 73 heavy (non-hydrogen) atoms. The summed E-state index contributed by atoms with van der Waals surface area (Å²) in [5.74, 6) is -1.70. The molecule has 0 heterocycles. The second-order valence-electron chi connectivity index (χ2n) is 17.5. The highest BCUT2D eigenvalue weighted by Crippen LogP contribution is 2.50. The molecule has 2 nitrogen and oxygen atoms in total. The van der Waals surface area contributed by atoms with Gasteiger partial charge in [-0.3, -0.25) is 0 Å². The number of anilines is 5. The largest absolute Gasteiger partial charge is 0.336 e. The first-order valence-corrected chi connectivity index (χ1v) is 23.6. The SMILES string of the molecule is [2H]c1c([2H])c([2H])c(CCCc2cc(F)cc(-c3c([2H])c([2H])c([2H])c([2H])c3[2H])c2CN(c2ccccc2)c2ccc3ccc4c(N(c5ccccc5)c5c(Cc6c([2H])c([2H])c([2H])c([2H])c6[2H])cc(F)cc5-c5c([2H])c([2H])c([2H])c([2H])c5[2H])ccc5ccc2c3c54)c([2H])c1[2H]. The Balaban J connectivity index is 1.10. The maximum atomic E-state index is 16.8. The third-order valence-electron chi connectivity index (χ3n) is 13.1. The van der Waals surface area contributed by atoms with E-state index in [1.807, 2.05) is 83.8 Å². The van der Waals surface area contributed by atoms with Crippen LogP contribution in [0.2, 0.25) is 0 Å². The average molecular weight is 967 g/mol. The van der Waals surface area contributed by atoms with E-state index >= 15 is 8.78 Å². The third-order valence-corrected chi connectivity index (χ3v) is 13.1. The van der Waals surface area contributed by atoms with Crippen LogP contribution in [0.25, 0.3) is 54.6 Å². The van der Waals surface area contributed by atoms with Crippen LogP contribution in [-0.2, 0) is 25.8 Å². The predicted molar refractivity (Wildman–Crippen MR) is 302 cm³/mol. The van der Waals surface area contributed by atoms with Crippen LogP contribution in [0.5, 0.6) is 0 Å². The van der Waals surface area contributed by atoms with E-state index in [4.69, 9.17) is 21.9 Å². The van der Waals surface area contributed by atoms with Gasteiger partial charge in [0.25, 0.3) is 0 Å². The molecule has 352 valence electrons. The second kappa shape index (κ2) is 20.1. The number of benzene rings is 12. The number of rotatable bonds is 15. The Hall–Kier alpha value is -8.86. The van der Waals surface area contributed by atoms with Gasteiger partial charge in [0, 0.05) is 39.9 Å². The van der Waals surface area contributed by atoms with Gasteiger partial charge in [0.05, 0.1) is 38.8 Å². The molecule has 4 heteroatoms. The summed E-state index contributed by atoms with van der Waals surface area (Å²) in [4.78, 5) is 3.71. The molecule has 0 amide bonds. The van der Waals surface area contributed by atoms with E-state index in [-0.39, 0.29) is 82.5 Å². The molecule has 0 atom stereocenters. The molecule has 0 aliphatic rings. The lowest BCUT2D eigenvalue weighted by Gasteiger charge is -2.32. The van der Waals surface area contributed by atoms with Crippen molar-refractivity contribution in [2.24, 2.45) is 0 Å². The van der Waals surface area contributed by atoms with Crippen LogP contribution in [0.4, 0.5) is 37.2 Å². The maximum absolute atomic E-state index is 16.8. The zero-order chi connectivity index (χ0) is 66.5. The van der Waals surface area contributed by atoms with Gasteiger partial charge in [0.15, 0.2) is 0 Å². The monoisotopic (exact) mass is 967 g/mol. The first kappa shape index (κ1) is 28.2. The van der Waals surface area contributed by atoms with Gasteiger partial charge in [-0.15, -0.1) is 0 Å². The van der Waals surface area contributed by atoms with E-state index in [9.17, 15) is 5.48 Å². The van der Waals surface area contributed by atoms with Gasteiger partial charge in [-0.2, -0.15) is 0 Å². The number of aryl methyl sites for hydroxylation is 1. The van der Waals surface area contributed by atoms with Crippen LogP contribution < -0.4 is 9.80 Å². The van der Waals surface area contributed by atoms with Crippen LogP contribution in [0.15, 0.2) is 254 Å². The van der Waals surface area contributed by atoms with Gasteiger partial charge in [-0.25, -0.2) is 8.78 Å². The minimum absolute atomic E-state index is 0.00353. The van der Waals surface area contributed by atoms with Crippen LogP contribution >= 0.6 is 0 Å². The van der Waals surface area contributed by atoms with Crippen LogP contribution in [0.3, 0.4) is 0 Å². The van der Waals surface area contributed by atoms with E-state index in [1.165, 1.54) is 6.07 Å². The van der Waals surface area contributed by atoms with Crippen molar-refractivity contribution < 1.29 is 36.2 Å². The average Bonchev–Trinajstić information content (AvgIpc) is 1.41. The summed E-state index contributed by atoms with van der Waals surface area (Å²) in [5.41, 5.74) is 1.97. The summed E-state index contributed by atoms with van der Waals surface area (Å²) in [7, 11) is 0. The quantitative estimate of drug-likeness (QED) is 0.0945. The van der Waals surface area contributed by atoms with Gasteiger partial charge in [-0.05, 0) is 152 Å². The molecule has 0 saturated carbocycles. The molecule has 0 unspecified atom stereocenters. The van der Waals surface area contributed by atoms with E-state index in [2.05, 4.69) is 0 Å². The zero-order valence-electron chi connectivity index (χ0n) is 58.9. The van der Waals surface area contributed by atoms with Crippen molar-refractivity contribution in [1.29, 1.82) is 0 Å². The minimum Gasteiger partial charge on any atom is -0.336 e. The first-order chi connectivity index (χ1) is 44.3. The molecule has 0 N–H and O–H groups in total. The molecule has 0 aliphatic carbocycles. The topological polar surface area (TPSA) is 6.48 Å². The molecule has 12 rings (SSSR count). The Bertz CT molecular complexity index is 4950. The fourth-order valence-electron chi connectivity index (χ4n) is 10.00. The van der Waals surface area contributed by atoms with Crippen molar-refractivity contribution in [3.8, 4) is 22.3 Å². The van der Waals surface area contributed by atoms with Crippen molar-refractivity contribution in [2.75, 3.05) is 9.80 Å². The second-order valence-corrected chi connectivity index (χ2v) is 17.5. The Labute approximate surface area is 454 Å². The molecule has 12 aromatic carbocycles. The summed E-state index contributed by atoms with van der Waals surface area (Å²) in [6, 6.07) is 26.0. The van der Waals surface area contributed by atoms with Gasteiger partial charge in [0.2, 0.25) is 0 Å². The smallest absolute Gasteiger partial charge is 0.124 e. The lowest BCUT2D eigenvalue weighted by Crippen LogP contribution is -2.19. The minimum atomic E-state index is -0.914. The summed E-state index contributed by atoms with van der Waals surface area (Å²) < 4.78 is 208. The molecule has 0 aliphatic heterocycles. The number of hydrogen-bond acceptors (Lipinski definition) is 2. The van der Waals surface area contributed by atoms with Crippen molar-refractivity contribution in [3.05, 3.63) is 294 Å². The fraction of sp³-hybridized carbons (Fsp3) is 0.0725. The van der Waals surface area contributed by atoms with E-state index in [0.29, 0.717) is 50.0 Å². The Morgan fingerprint density at radius 3 is 1.53 bits per heavy atom. The van der Waals surface area contributed by atoms with Crippen molar-refractivity contribution in [3.63, 3.8) is 0 Å². The fourth-order valence-corrected chi connectivity index (χ4v) is 10.00. The molecule has 12 aromatic rings. The van der Waals surface area contributed by atoms with Crippen molar-refractivity contribution >= 4 is 60.8 Å². The van der Waals surface area contributed by atoms with Crippen LogP contribution in [0.1, 0.15) is 61.7 Å². The van der Waals surface area contributed by atoms with Gasteiger partial charge in [-0.1, -0.05) is 194 Å². The number of para-hydroxylation sites is 2. The standard InChI is InChI=1S/C69H52F2N2/c70-56-43-54(29-19-24-48-20-7-1-8-21-48)64(62(45-56)50-25-11-3-12-26-50)47-72(58-30-15-5-16-31-58)65-40-36-52-35-39-61-66(41-37-53-34-38-60(65)67(52)68(53)61)73(59-32-17-6-18-33-59)69-55(42-49-22-9-2-10-23-49)44-57(71)46-63(69)51-27-13-4-14-28-51/h1-18,20-23,25-28,30-41,43-46H,19,24,29,42,47H2/i1D,2D,3D,4D,7D,8D,9D,10D,11D,12D,13D,14D,20D,21D,22D,23D,25D,26D,27D,28D. The Kier molecular flexibility index (Phi) is 7.78. The summed E-state index contributed by atoms with van der Waals surface area (Å²) >= 11 is 0. The van der Waals surface area contributed by atoms with E-state index in [0.717, 1.165) is 34.4 Å². The van der Waals surface area contributed by atoms with Crippen LogP contribution in [-0.4, -0.2) is 0 Å². The van der Waals surface area contributed by atoms with E-state index in [1.54, 1.807) is 35.2 Å². The Morgan fingerprint density at radius 1 is 0.425 bits per heavy atom. The molecular weight excluding hydrogens is 895 g/mol. The highest BCUT2D eigenvalue weighted by atomic mass is 19.1. The van der Waals surface area contributed by atoms with Gasteiger partial charge in [0.1, 0.15) is 11.6 Å². The summed E-state index contributed by atoms with van der Waals surface area (Å²) in [6.45, 7) is -0.121. The molecule has 0 fully saturated rings. The van der Waals surface area contributed by atoms with Gasteiger partial charge >= 0.3 is 0 Å². The third kappa shape index (κ3) is 9.09. The normalized spacial score (nSPS) is 15.3. The first-order valence-electron chi connectivity index (χ1n) is 33.6. The molecule has 0 saturated heterocycles. The number of nitrogens with zero attached hydrogens (tertiary/aromatic N) is 2. The molecule has 0 bridgehead atoms. The lowest BCUT2D eigenvalue weighted by atomic mass is 9.90. The predicted octanol–water partition coefficient (Wildman–Crippen LogP) is 18.8. The van der Waals surface area contributed by atoms with Crippen molar-refractivity contribution in [1.82, 2.24) is 0 Å².